The Kier molecular flexibility index (Phi) is 2.12. The maximum atomic E-state index is 10.5. The van der Waals surface area contributed by atoms with Gasteiger partial charge in [0, 0.05) is 30.7 Å². The van der Waals surface area contributed by atoms with Crippen molar-refractivity contribution >= 4 is 0 Å². The molecule has 66 valence electrons. The van der Waals surface area contributed by atoms with Crippen LogP contribution in [0.4, 0.5) is 0 Å². The maximum absolute atomic E-state index is 10.5. The molecule has 0 aliphatic carbocycles. The number of nitro groups is 1. The molecule has 1 heterocycles. The van der Waals surface area contributed by atoms with Gasteiger partial charge in [0.2, 0.25) is 5.54 Å². The quantitative estimate of drug-likeness (QED) is 0.542. The molecule has 0 aromatic carbocycles. The number of rotatable bonds is 3. The Morgan fingerprint density at radius 1 is 1.75 bits per heavy atom. The molecule has 1 aromatic rings. The van der Waals surface area contributed by atoms with Gasteiger partial charge in [0.15, 0.2) is 0 Å². The molecule has 12 heavy (non-hydrogen) atoms. The summed E-state index contributed by atoms with van der Waals surface area (Å²) in [5.74, 6) is 0. The number of nitrogens with one attached hydrogen (secondary N) is 1. The minimum Gasteiger partial charge on any atom is -0.348 e. The average Bonchev–Trinajstić information content (AvgIpc) is 2.38. The van der Waals surface area contributed by atoms with Gasteiger partial charge in [0.1, 0.15) is 0 Å². The number of H-pyrrole nitrogens is 1. The van der Waals surface area contributed by atoms with Gasteiger partial charge in [-0.1, -0.05) is 0 Å². The molecule has 0 fully saturated rings. The van der Waals surface area contributed by atoms with E-state index in [9.17, 15) is 10.1 Å². The van der Waals surface area contributed by atoms with Crippen LogP contribution in [-0.2, 0) is 6.42 Å². The van der Waals surface area contributed by atoms with Crippen LogP contribution in [0.5, 0.6) is 0 Å². The zero-order valence-electron chi connectivity index (χ0n) is 7.07. The highest BCUT2D eigenvalue weighted by molar-refractivity contribution is 4.98. The normalized spacial score (nSPS) is 11.5. The van der Waals surface area contributed by atoms with E-state index in [1.54, 1.807) is 20.0 Å². The summed E-state index contributed by atoms with van der Waals surface area (Å²) < 4.78 is 0. The third-order valence-electron chi connectivity index (χ3n) is 1.67. The summed E-state index contributed by atoms with van der Waals surface area (Å²) in [5, 5.41) is 10.5. The third-order valence-corrected chi connectivity index (χ3v) is 1.67. The fourth-order valence-corrected chi connectivity index (χ4v) is 0.912. The third kappa shape index (κ3) is 1.81. The van der Waals surface area contributed by atoms with Crippen molar-refractivity contribution in [2.24, 2.45) is 0 Å². The molecule has 0 atom stereocenters. The van der Waals surface area contributed by atoms with Gasteiger partial charge in [-0.15, -0.1) is 0 Å². The van der Waals surface area contributed by atoms with Gasteiger partial charge in [-0.2, -0.15) is 0 Å². The smallest absolute Gasteiger partial charge is 0.222 e. The van der Waals surface area contributed by atoms with Crippen LogP contribution in [0.2, 0.25) is 0 Å². The largest absolute Gasteiger partial charge is 0.348 e. The van der Waals surface area contributed by atoms with Crippen LogP contribution in [0, 0.1) is 10.1 Å². The molecule has 5 nitrogen and oxygen atoms in total. The summed E-state index contributed by atoms with van der Waals surface area (Å²) >= 11 is 0. The van der Waals surface area contributed by atoms with Crippen LogP contribution in [-0.4, -0.2) is 20.4 Å². The van der Waals surface area contributed by atoms with Gasteiger partial charge in [-0.25, -0.2) is 4.98 Å². The van der Waals surface area contributed by atoms with Crippen LogP contribution in [0.15, 0.2) is 12.5 Å². The number of hydrogen-bond donors (Lipinski definition) is 1. The molecule has 1 aromatic heterocycles. The van der Waals surface area contributed by atoms with Crippen molar-refractivity contribution in [3.63, 3.8) is 0 Å². The van der Waals surface area contributed by atoms with E-state index in [1.807, 2.05) is 0 Å². The van der Waals surface area contributed by atoms with E-state index < -0.39 is 5.54 Å². The Hall–Kier alpha value is -1.39. The Bertz CT molecular complexity index is 266. The van der Waals surface area contributed by atoms with Crippen molar-refractivity contribution in [3.05, 3.63) is 28.3 Å². The van der Waals surface area contributed by atoms with Crippen LogP contribution in [0.25, 0.3) is 0 Å². The van der Waals surface area contributed by atoms with Gasteiger partial charge in [-0.05, 0) is 0 Å². The van der Waals surface area contributed by atoms with Crippen LogP contribution >= 0.6 is 0 Å². The summed E-state index contributed by atoms with van der Waals surface area (Å²) in [6.07, 6.45) is 3.50. The summed E-state index contributed by atoms with van der Waals surface area (Å²) in [6, 6.07) is 0. The first-order chi connectivity index (χ1) is 5.52. The maximum Gasteiger partial charge on any atom is 0.222 e. The lowest BCUT2D eigenvalue weighted by Crippen LogP contribution is -2.33. The average molecular weight is 169 g/mol. The SMILES string of the molecule is CC(C)(Cc1cnc[nH]1)[N+](=O)[O-]. The van der Waals surface area contributed by atoms with Gasteiger partial charge in [0.05, 0.1) is 12.7 Å². The van der Waals surface area contributed by atoms with Crippen molar-refractivity contribution in [2.45, 2.75) is 25.8 Å². The van der Waals surface area contributed by atoms with E-state index in [4.69, 9.17) is 0 Å². The number of aromatic amines is 1. The van der Waals surface area contributed by atoms with Crippen LogP contribution < -0.4 is 0 Å². The molecule has 0 radical (unpaired) electrons. The van der Waals surface area contributed by atoms with E-state index in [-0.39, 0.29) is 4.92 Å². The summed E-state index contributed by atoms with van der Waals surface area (Å²) in [5.41, 5.74) is -0.135. The van der Waals surface area contributed by atoms with E-state index >= 15 is 0 Å². The number of hydrogen-bond acceptors (Lipinski definition) is 3. The van der Waals surface area contributed by atoms with E-state index in [0.717, 1.165) is 5.69 Å². The van der Waals surface area contributed by atoms with E-state index in [1.165, 1.54) is 6.33 Å². The molecule has 5 heteroatoms. The highest BCUT2D eigenvalue weighted by Gasteiger charge is 2.31. The lowest BCUT2D eigenvalue weighted by Gasteiger charge is -2.13. The van der Waals surface area contributed by atoms with Gasteiger partial charge < -0.3 is 4.98 Å². The summed E-state index contributed by atoms with van der Waals surface area (Å²) in [6.45, 7) is 3.18. The van der Waals surface area contributed by atoms with Crippen molar-refractivity contribution in [2.75, 3.05) is 0 Å². The lowest BCUT2D eigenvalue weighted by atomic mass is 10.0. The van der Waals surface area contributed by atoms with Crippen molar-refractivity contribution in [3.8, 4) is 0 Å². The minimum atomic E-state index is -0.924. The Morgan fingerprint density at radius 3 is 2.83 bits per heavy atom. The molecule has 1 N–H and O–H groups in total. The Labute approximate surface area is 70.0 Å². The highest BCUT2D eigenvalue weighted by atomic mass is 16.6. The molecule has 0 spiro atoms. The predicted octanol–water partition coefficient (Wildman–Crippen LogP) is 1.01. The molecule has 0 amide bonds. The molecule has 0 unspecified atom stereocenters. The van der Waals surface area contributed by atoms with Gasteiger partial charge in [0.25, 0.3) is 0 Å². The standard InChI is InChI=1S/C7H11N3O2/c1-7(2,10(11)12)3-6-4-8-5-9-6/h4-5H,3H2,1-2H3,(H,8,9). The van der Waals surface area contributed by atoms with Gasteiger partial charge in [-0.3, -0.25) is 10.1 Å². The first-order valence-corrected chi connectivity index (χ1v) is 3.64. The second kappa shape index (κ2) is 2.92. The van der Waals surface area contributed by atoms with Crippen LogP contribution in [0.1, 0.15) is 19.5 Å². The zero-order valence-corrected chi connectivity index (χ0v) is 7.07. The van der Waals surface area contributed by atoms with Crippen LogP contribution in [0.3, 0.4) is 0 Å². The fraction of sp³-hybridized carbons (Fsp3) is 0.571. The molecule has 0 saturated heterocycles. The molecule has 0 aliphatic rings. The topological polar surface area (TPSA) is 71.8 Å². The highest BCUT2D eigenvalue weighted by Crippen LogP contribution is 2.13. The predicted molar refractivity (Wildman–Crippen MR) is 43.4 cm³/mol. The first-order valence-electron chi connectivity index (χ1n) is 3.64. The molecule has 1 rings (SSSR count). The minimum absolute atomic E-state index is 0.284. The lowest BCUT2D eigenvalue weighted by molar-refractivity contribution is -0.560. The van der Waals surface area contributed by atoms with Gasteiger partial charge >= 0.3 is 0 Å². The summed E-state index contributed by atoms with van der Waals surface area (Å²) in [4.78, 5) is 16.9. The van der Waals surface area contributed by atoms with Crippen molar-refractivity contribution in [1.82, 2.24) is 9.97 Å². The van der Waals surface area contributed by atoms with Crippen molar-refractivity contribution in [1.29, 1.82) is 0 Å². The molecular weight excluding hydrogens is 158 g/mol. The number of aromatic nitrogens is 2. The molecule has 0 saturated carbocycles. The number of nitrogens with zero attached hydrogens (tertiary/aromatic N) is 2. The fourth-order valence-electron chi connectivity index (χ4n) is 0.912. The molecule has 0 aliphatic heterocycles. The first kappa shape index (κ1) is 8.70. The number of imidazole rings is 1. The second-order valence-electron chi connectivity index (χ2n) is 3.32. The zero-order chi connectivity index (χ0) is 9.19. The second-order valence-corrected chi connectivity index (χ2v) is 3.32. The molecule has 0 bridgehead atoms. The monoisotopic (exact) mass is 169 g/mol. The molecular formula is C7H11N3O2. The summed E-state index contributed by atoms with van der Waals surface area (Å²) in [7, 11) is 0. The Balaban J connectivity index is 2.69. The van der Waals surface area contributed by atoms with E-state index in [2.05, 4.69) is 9.97 Å². The van der Waals surface area contributed by atoms with E-state index in [0.29, 0.717) is 6.42 Å². The Morgan fingerprint density at radius 2 is 2.42 bits per heavy atom. The van der Waals surface area contributed by atoms with Crippen molar-refractivity contribution < 1.29 is 4.92 Å².